The van der Waals surface area contributed by atoms with E-state index in [-0.39, 0.29) is 10.8 Å². The summed E-state index contributed by atoms with van der Waals surface area (Å²) in [5, 5.41) is 0. The van der Waals surface area contributed by atoms with Crippen molar-refractivity contribution < 1.29 is 12.8 Å². The Hall–Kier alpha value is -2.62. The van der Waals surface area contributed by atoms with Crippen LogP contribution in [-0.4, -0.2) is 22.4 Å². The minimum Gasteiger partial charge on any atom is -0.546 e. The lowest BCUT2D eigenvalue weighted by Crippen LogP contribution is -2.48. The minimum atomic E-state index is -3.94. The summed E-state index contributed by atoms with van der Waals surface area (Å²) in [6.07, 6.45) is 11.6. The van der Waals surface area contributed by atoms with E-state index in [1.807, 2.05) is 25.1 Å². The molecule has 1 aliphatic carbocycles. The SMILES string of the molecule is C#C[C@]1(CCC)CC=C(O[Si](C(C)C)(C(C)C)C(C)C)[C@@H](Cc2ccccc2)C/C1=N\S(=O)(=O)c1ccc(C)cc1. The Morgan fingerprint density at radius 3 is 2.10 bits per heavy atom. The molecule has 0 saturated heterocycles. The largest absolute Gasteiger partial charge is 0.546 e. The molecular weight excluding hydrogens is 543 g/mol. The third-order valence-electron chi connectivity index (χ3n) is 8.88. The summed E-state index contributed by atoms with van der Waals surface area (Å²) in [5.41, 5.74) is 3.19. The van der Waals surface area contributed by atoms with Crippen LogP contribution < -0.4 is 0 Å². The molecule has 0 fully saturated rings. The van der Waals surface area contributed by atoms with Crippen molar-refractivity contribution in [2.75, 3.05) is 0 Å². The van der Waals surface area contributed by atoms with Gasteiger partial charge in [0.05, 0.1) is 21.8 Å². The predicted molar refractivity (Wildman–Crippen MR) is 175 cm³/mol. The molecule has 2 aromatic rings. The monoisotopic (exact) mass is 591 g/mol. The van der Waals surface area contributed by atoms with E-state index < -0.39 is 23.8 Å². The normalized spacial score (nSPS) is 21.2. The van der Waals surface area contributed by atoms with E-state index in [4.69, 9.17) is 10.8 Å². The highest BCUT2D eigenvalue weighted by atomic mass is 32.2. The Kier molecular flexibility index (Phi) is 10.9. The van der Waals surface area contributed by atoms with Crippen LogP contribution in [0.15, 0.2) is 75.7 Å². The van der Waals surface area contributed by atoms with Gasteiger partial charge in [0.2, 0.25) is 0 Å². The van der Waals surface area contributed by atoms with E-state index in [2.05, 4.69) is 77.0 Å². The summed E-state index contributed by atoms with van der Waals surface area (Å²) in [5.74, 6) is 3.94. The Balaban J connectivity index is 2.21. The summed E-state index contributed by atoms with van der Waals surface area (Å²) < 4.78 is 39.3. The van der Waals surface area contributed by atoms with Crippen LogP contribution in [0.1, 0.15) is 85.3 Å². The molecule has 0 unspecified atom stereocenters. The van der Waals surface area contributed by atoms with Crippen LogP contribution in [0.5, 0.6) is 0 Å². The lowest BCUT2D eigenvalue weighted by molar-refractivity contribution is 0.311. The average molecular weight is 592 g/mol. The summed E-state index contributed by atoms with van der Waals surface area (Å²) in [4.78, 5) is 0.192. The molecule has 1 aliphatic rings. The second kappa shape index (κ2) is 13.6. The molecular formula is C35H49NO3SSi. The van der Waals surface area contributed by atoms with Gasteiger partial charge in [-0.15, -0.1) is 6.42 Å². The molecule has 0 saturated carbocycles. The number of nitrogens with zero attached hydrogens (tertiary/aromatic N) is 1. The third kappa shape index (κ3) is 7.24. The maximum absolute atomic E-state index is 13.7. The van der Waals surface area contributed by atoms with Gasteiger partial charge < -0.3 is 4.43 Å². The zero-order chi connectivity index (χ0) is 30.4. The van der Waals surface area contributed by atoms with Gasteiger partial charge in [0.1, 0.15) is 0 Å². The van der Waals surface area contributed by atoms with E-state index >= 15 is 0 Å². The van der Waals surface area contributed by atoms with Gasteiger partial charge >= 0.3 is 0 Å². The first-order chi connectivity index (χ1) is 19.3. The fourth-order valence-electron chi connectivity index (χ4n) is 6.76. The van der Waals surface area contributed by atoms with Crippen molar-refractivity contribution in [3.05, 3.63) is 77.6 Å². The minimum absolute atomic E-state index is 0.0698. The van der Waals surface area contributed by atoms with Crippen LogP contribution >= 0.6 is 0 Å². The predicted octanol–water partition coefficient (Wildman–Crippen LogP) is 9.27. The molecule has 0 aromatic heterocycles. The molecule has 0 N–H and O–H groups in total. The second-order valence-corrected chi connectivity index (χ2v) is 19.6. The zero-order valence-corrected chi connectivity index (χ0v) is 28.1. The number of aryl methyl sites for hydroxylation is 1. The number of allylic oxidation sites excluding steroid dienone is 2. The van der Waals surface area contributed by atoms with Gasteiger partial charge in [0, 0.05) is 5.92 Å². The second-order valence-electron chi connectivity index (χ2n) is 12.6. The van der Waals surface area contributed by atoms with Crippen molar-refractivity contribution in [2.24, 2.45) is 15.7 Å². The van der Waals surface area contributed by atoms with Crippen LogP contribution in [0.2, 0.25) is 16.6 Å². The number of rotatable bonds is 11. The van der Waals surface area contributed by atoms with Crippen LogP contribution in [0, 0.1) is 30.6 Å². The van der Waals surface area contributed by atoms with E-state index in [0.29, 0.717) is 41.6 Å². The molecule has 0 heterocycles. The van der Waals surface area contributed by atoms with Crippen molar-refractivity contribution in [1.82, 2.24) is 0 Å². The number of hydrogen-bond acceptors (Lipinski definition) is 3. The van der Waals surface area contributed by atoms with E-state index in [9.17, 15) is 8.42 Å². The van der Waals surface area contributed by atoms with Gasteiger partial charge in [-0.05, 0) is 73.0 Å². The van der Waals surface area contributed by atoms with Crippen LogP contribution in [-0.2, 0) is 20.9 Å². The summed E-state index contributed by atoms with van der Waals surface area (Å²) in [7, 11) is -6.22. The number of sulfonamides is 1. The first kappa shape index (κ1) is 32.9. The van der Waals surface area contributed by atoms with Gasteiger partial charge in [-0.25, -0.2) is 0 Å². The molecule has 0 amide bonds. The van der Waals surface area contributed by atoms with Crippen molar-refractivity contribution in [3.63, 3.8) is 0 Å². The first-order valence-corrected chi connectivity index (χ1v) is 18.7. The van der Waals surface area contributed by atoms with Gasteiger partial charge in [-0.1, -0.05) is 109 Å². The highest BCUT2D eigenvalue weighted by Gasteiger charge is 2.49. The van der Waals surface area contributed by atoms with Gasteiger partial charge in [-0.2, -0.15) is 12.8 Å². The lowest BCUT2D eigenvalue weighted by atomic mass is 9.75. The molecule has 41 heavy (non-hydrogen) atoms. The molecule has 0 aliphatic heterocycles. The summed E-state index contributed by atoms with van der Waals surface area (Å²) in [6, 6.07) is 17.2. The Morgan fingerprint density at radius 2 is 1.59 bits per heavy atom. The molecule has 4 nitrogen and oxygen atoms in total. The van der Waals surface area contributed by atoms with E-state index in [1.54, 1.807) is 24.3 Å². The highest BCUT2D eigenvalue weighted by Crippen LogP contribution is 2.47. The van der Waals surface area contributed by atoms with Crippen LogP contribution in [0.25, 0.3) is 0 Å². The van der Waals surface area contributed by atoms with Crippen molar-refractivity contribution in [1.29, 1.82) is 0 Å². The zero-order valence-electron chi connectivity index (χ0n) is 26.3. The summed E-state index contributed by atoms with van der Waals surface area (Å²) >= 11 is 0. The van der Waals surface area contributed by atoms with Crippen molar-refractivity contribution in [2.45, 2.75) is 109 Å². The maximum Gasteiger partial charge on any atom is 0.282 e. The first-order valence-electron chi connectivity index (χ1n) is 15.1. The Morgan fingerprint density at radius 1 is 1.00 bits per heavy atom. The van der Waals surface area contributed by atoms with Crippen LogP contribution in [0.4, 0.5) is 0 Å². The van der Waals surface area contributed by atoms with E-state index in [0.717, 1.165) is 24.2 Å². The molecule has 0 spiro atoms. The molecule has 3 rings (SSSR count). The van der Waals surface area contributed by atoms with Gasteiger partial charge in [0.15, 0.2) is 0 Å². The standard InChI is InChI=1S/C35H49NO3SSi/c1-10-22-35(11-2)23-21-33(39-41(26(3)4,27(5)6)28(7)8)31(24-30-15-13-12-14-16-30)25-34(35)36-40(37,38)32-19-17-29(9)18-20-32/h2,12-21,26-28,31H,10,22-25H2,1,3-9H3/b36-34+/t31-,35-/m0/s1. The number of hydrogen-bond donors (Lipinski definition) is 0. The molecule has 222 valence electrons. The summed E-state index contributed by atoms with van der Waals surface area (Å²) in [6.45, 7) is 17.8. The third-order valence-corrected chi connectivity index (χ3v) is 16.2. The molecule has 0 radical (unpaired) electrons. The topological polar surface area (TPSA) is 55.7 Å². The number of benzene rings is 2. The highest BCUT2D eigenvalue weighted by molar-refractivity contribution is 7.90. The van der Waals surface area contributed by atoms with Crippen molar-refractivity contribution in [3.8, 4) is 12.3 Å². The molecule has 0 bridgehead atoms. The maximum atomic E-state index is 13.7. The molecule has 2 atom stereocenters. The fraction of sp³-hybridized carbons (Fsp3) is 0.514. The Labute approximate surface area is 250 Å². The molecule has 2 aromatic carbocycles. The average Bonchev–Trinajstić information content (AvgIpc) is 3.04. The van der Waals surface area contributed by atoms with E-state index in [1.165, 1.54) is 5.56 Å². The number of terminal acetylenes is 1. The lowest BCUT2D eigenvalue weighted by Gasteiger charge is -2.44. The van der Waals surface area contributed by atoms with Gasteiger partial charge in [0.25, 0.3) is 18.3 Å². The van der Waals surface area contributed by atoms with Crippen molar-refractivity contribution >= 4 is 24.1 Å². The smallest absolute Gasteiger partial charge is 0.282 e. The van der Waals surface area contributed by atoms with Crippen LogP contribution in [0.3, 0.4) is 0 Å². The fourth-order valence-corrected chi connectivity index (χ4v) is 13.3. The quantitative estimate of drug-likeness (QED) is 0.193. The van der Waals surface area contributed by atoms with Gasteiger partial charge in [-0.3, -0.25) is 0 Å². The Bertz CT molecular complexity index is 1350. The molecule has 6 heteroatoms.